The summed E-state index contributed by atoms with van der Waals surface area (Å²) in [5.41, 5.74) is 1.55. The van der Waals surface area contributed by atoms with Crippen molar-refractivity contribution >= 4 is 5.91 Å². The van der Waals surface area contributed by atoms with Crippen LogP contribution in [-0.4, -0.2) is 71.2 Å². The summed E-state index contributed by atoms with van der Waals surface area (Å²) in [4.78, 5) is 20.6. The van der Waals surface area contributed by atoms with E-state index in [9.17, 15) is 9.18 Å². The van der Waals surface area contributed by atoms with E-state index in [0.29, 0.717) is 30.7 Å². The fourth-order valence-corrected chi connectivity index (χ4v) is 4.23. The van der Waals surface area contributed by atoms with Crippen LogP contribution in [0.5, 0.6) is 0 Å². The van der Waals surface area contributed by atoms with Gasteiger partial charge in [0.05, 0.1) is 19.1 Å². The molecule has 4 rings (SSSR count). The number of carbonyl (C=O) groups excluding carboxylic acids is 1. The maximum absolute atomic E-state index is 13.6. The van der Waals surface area contributed by atoms with E-state index in [2.05, 4.69) is 14.5 Å². The standard InChI is InChI=1S/C21H27FN4O2/c1-14-8-15(4-5-19(14)22)21-23-6-7-26(21)16-9-17-13-28-18(12-25(17)11-16)10-20(27)24(2)3/h4-8,16-18H,9-13H2,1-3H3/t16-,17+,18+/m1/s1. The van der Waals surface area contributed by atoms with Gasteiger partial charge >= 0.3 is 0 Å². The second-order valence-electron chi connectivity index (χ2n) is 8.07. The summed E-state index contributed by atoms with van der Waals surface area (Å²) in [6.45, 7) is 4.11. The summed E-state index contributed by atoms with van der Waals surface area (Å²) < 4.78 is 21.8. The van der Waals surface area contributed by atoms with Gasteiger partial charge < -0.3 is 14.2 Å². The maximum Gasteiger partial charge on any atom is 0.224 e. The quantitative estimate of drug-likeness (QED) is 0.810. The van der Waals surface area contributed by atoms with Crippen molar-refractivity contribution in [2.45, 2.75) is 38.0 Å². The van der Waals surface area contributed by atoms with Crippen molar-refractivity contribution < 1.29 is 13.9 Å². The zero-order valence-corrected chi connectivity index (χ0v) is 16.6. The minimum atomic E-state index is -0.199. The Morgan fingerprint density at radius 1 is 1.32 bits per heavy atom. The number of imidazole rings is 1. The van der Waals surface area contributed by atoms with Crippen LogP contribution in [0.4, 0.5) is 4.39 Å². The molecule has 2 saturated heterocycles. The summed E-state index contributed by atoms with van der Waals surface area (Å²) in [7, 11) is 3.55. The van der Waals surface area contributed by atoms with E-state index in [4.69, 9.17) is 4.74 Å². The number of aryl methyl sites for hydroxylation is 1. The number of nitrogens with zero attached hydrogens (tertiary/aromatic N) is 4. The Morgan fingerprint density at radius 3 is 2.89 bits per heavy atom. The van der Waals surface area contributed by atoms with Crippen LogP contribution in [0.1, 0.15) is 24.4 Å². The molecule has 2 aliphatic rings. The Labute approximate surface area is 164 Å². The van der Waals surface area contributed by atoms with Crippen molar-refractivity contribution in [1.82, 2.24) is 19.4 Å². The molecule has 0 aliphatic carbocycles. The minimum Gasteiger partial charge on any atom is -0.375 e. The first-order valence-corrected chi connectivity index (χ1v) is 9.77. The highest BCUT2D eigenvalue weighted by Gasteiger charge is 2.39. The molecule has 0 radical (unpaired) electrons. The molecule has 0 saturated carbocycles. The normalized spacial score (nSPS) is 24.9. The number of hydrogen-bond donors (Lipinski definition) is 0. The summed E-state index contributed by atoms with van der Waals surface area (Å²) in [5.74, 6) is 0.770. The summed E-state index contributed by atoms with van der Waals surface area (Å²) in [5, 5.41) is 0. The molecule has 0 spiro atoms. The molecular formula is C21H27FN4O2. The van der Waals surface area contributed by atoms with Gasteiger partial charge in [0, 0.05) is 57.2 Å². The van der Waals surface area contributed by atoms with Crippen LogP contribution in [0.3, 0.4) is 0 Å². The molecule has 1 aromatic carbocycles. The minimum absolute atomic E-state index is 0.0492. The predicted octanol–water partition coefficient (Wildman–Crippen LogP) is 2.49. The first-order chi connectivity index (χ1) is 13.4. The van der Waals surface area contributed by atoms with Crippen LogP contribution < -0.4 is 0 Å². The molecule has 28 heavy (non-hydrogen) atoms. The van der Waals surface area contributed by atoms with Crippen LogP contribution in [0.25, 0.3) is 11.4 Å². The first-order valence-electron chi connectivity index (χ1n) is 9.77. The van der Waals surface area contributed by atoms with Gasteiger partial charge in [0.1, 0.15) is 11.6 Å². The second-order valence-corrected chi connectivity index (χ2v) is 8.07. The van der Waals surface area contributed by atoms with Gasteiger partial charge in [0.25, 0.3) is 0 Å². The Kier molecular flexibility index (Phi) is 5.21. The molecule has 3 heterocycles. The molecule has 1 amide bonds. The van der Waals surface area contributed by atoms with Gasteiger partial charge in [-0.1, -0.05) is 0 Å². The molecule has 3 atom stereocenters. The van der Waals surface area contributed by atoms with Crippen molar-refractivity contribution in [2.24, 2.45) is 0 Å². The number of rotatable bonds is 4. The van der Waals surface area contributed by atoms with Crippen LogP contribution in [0.15, 0.2) is 30.6 Å². The molecule has 2 fully saturated rings. The molecular weight excluding hydrogens is 359 g/mol. The highest BCUT2D eigenvalue weighted by molar-refractivity contribution is 5.76. The monoisotopic (exact) mass is 386 g/mol. The van der Waals surface area contributed by atoms with Gasteiger partial charge in [-0.05, 0) is 37.1 Å². The van der Waals surface area contributed by atoms with Gasteiger partial charge in [-0.25, -0.2) is 9.37 Å². The van der Waals surface area contributed by atoms with Gasteiger partial charge in [-0.2, -0.15) is 0 Å². The highest BCUT2D eigenvalue weighted by atomic mass is 19.1. The zero-order valence-electron chi connectivity index (χ0n) is 16.6. The lowest BCUT2D eigenvalue weighted by Crippen LogP contribution is -2.47. The van der Waals surface area contributed by atoms with Gasteiger partial charge in [-0.15, -0.1) is 0 Å². The van der Waals surface area contributed by atoms with Crippen molar-refractivity contribution in [3.63, 3.8) is 0 Å². The Balaban J connectivity index is 1.47. The van der Waals surface area contributed by atoms with E-state index in [-0.39, 0.29) is 17.8 Å². The first kappa shape index (κ1) is 19.1. The average Bonchev–Trinajstić information content (AvgIpc) is 3.30. The molecule has 150 valence electrons. The summed E-state index contributed by atoms with van der Waals surface area (Å²) in [6, 6.07) is 5.79. The number of benzene rings is 1. The fraction of sp³-hybridized carbons (Fsp3) is 0.524. The van der Waals surface area contributed by atoms with Gasteiger partial charge in [-0.3, -0.25) is 9.69 Å². The smallest absolute Gasteiger partial charge is 0.224 e. The third kappa shape index (κ3) is 3.69. The van der Waals surface area contributed by atoms with Crippen molar-refractivity contribution in [1.29, 1.82) is 0 Å². The van der Waals surface area contributed by atoms with Crippen molar-refractivity contribution in [2.75, 3.05) is 33.8 Å². The molecule has 7 heteroatoms. The topological polar surface area (TPSA) is 50.6 Å². The lowest BCUT2D eigenvalue weighted by atomic mass is 10.1. The van der Waals surface area contributed by atoms with E-state index in [1.807, 2.05) is 12.3 Å². The number of amides is 1. The van der Waals surface area contributed by atoms with Crippen LogP contribution in [-0.2, 0) is 9.53 Å². The number of hydrogen-bond acceptors (Lipinski definition) is 4. The fourth-order valence-electron chi connectivity index (χ4n) is 4.23. The molecule has 0 bridgehead atoms. The van der Waals surface area contributed by atoms with Crippen LogP contribution >= 0.6 is 0 Å². The lowest BCUT2D eigenvalue weighted by molar-refractivity contribution is -0.134. The number of carbonyl (C=O) groups is 1. The van der Waals surface area contributed by atoms with E-state index in [0.717, 1.165) is 30.9 Å². The van der Waals surface area contributed by atoms with Crippen LogP contribution in [0.2, 0.25) is 0 Å². The Hall–Kier alpha value is -2.25. The summed E-state index contributed by atoms with van der Waals surface area (Å²) in [6.07, 6.45) is 5.17. The van der Waals surface area contributed by atoms with E-state index in [1.165, 1.54) is 6.07 Å². The third-order valence-corrected chi connectivity index (χ3v) is 5.85. The van der Waals surface area contributed by atoms with Crippen LogP contribution in [0, 0.1) is 12.7 Å². The van der Waals surface area contributed by atoms with E-state index >= 15 is 0 Å². The van der Waals surface area contributed by atoms with E-state index in [1.54, 1.807) is 38.2 Å². The van der Waals surface area contributed by atoms with Gasteiger partial charge in [0.15, 0.2) is 0 Å². The Bertz CT molecular complexity index is 866. The molecule has 0 N–H and O–H groups in total. The molecule has 1 aromatic heterocycles. The van der Waals surface area contributed by atoms with Gasteiger partial charge in [0.2, 0.25) is 5.91 Å². The highest BCUT2D eigenvalue weighted by Crippen LogP contribution is 2.34. The molecule has 0 unspecified atom stereocenters. The number of morpholine rings is 1. The number of ether oxygens (including phenoxy) is 1. The summed E-state index contributed by atoms with van der Waals surface area (Å²) >= 11 is 0. The Morgan fingerprint density at radius 2 is 2.14 bits per heavy atom. The van der Waals surface area contributed by atoms with Crippen molar-refractivity contribution in [3.05, 3.63) is 42.0 Å². The average molecular weight is 386 g/mol. The second kappa shape index (κ2) is 7.64. The lowest BCUT2D eigenvalue weighted by Gasteiger charge is -2.35. The number of halogens is 1. The largest absolute Gasteiger partial charge is 0.375 e. The predicted molar refractivity (Wildman–Crippen MR) is 104 cm³/mol. The number of aromatic nitrogens is 2. The van der Waals surface area contributed by atoms with E-state index < -0.39 is 0 Å². The maximum atomic E-state index is 13.6. The molecule has 6 nitrogen and oxygen atoms in total. The number of fused-ring (bicyclic) bond motifs is 1. The SMILES string of the molecule is Cc1cc(-c2nccn2[C@@H]2C[C@H]3CO[C@@H](CC(=O)N(C)C)CN3C2)ccc1F. The third-order valence-electron chi connectivity index (χ3n) is 5.85. The van der Waals surface area contributed by atoms with Crippen molar-refractivity contribution in [3.8, 4) is 11.4 Å². The molecule has 2 aliphatic heterocycles. The zero-order chi connectivity index (χ0) is 19.8. The molecule has 2 aromatic rings.